The van der Waals surface area contributed by atoms with E-state index in [1.165, 1.54) is 0 Å². The van der Waals surface area contributed by atoms with Gasteiger partial charge in [0.1, 0.15) is 5.82 Å². The van der Waals surface area contributed by atoms with Crippen LogP contribution in [0.2, 0.25) is 0 Å². The third-order valence-corrected chi connectivity index (χ3v) is 3.87. The van der Waals surface area contributed by atoms with Crippen LogP contribution in [0, 0.1) is 5.92 Å². The van der Waals surface area contributed by atoms with Gasteiger partial charge in [0.25, 0.3) is 0 Å². The molecular formula is C12H12BrN3O2. The number of hydrogen-bond donors (Lipinski definition) is 2. The highest BCUT2D eigenvalue weighted by Crippen LogP contribution is 2.24. The molecule has 94 valence electrons. The highest BCUT2D eigenvalue weighted by Gasteiger charge is 2.23. The van der Waals surface area contributed by atoms with Gasteiger partial charge in [0.15, 0.2) is 5.69 Å². The minimum atomic E-state index is -0.989. The Morgan fingerprint density at radius 1 is 1.61 bits per heavy atom. The topological polar surface area (TPSA) is 66.6 Å². The van der Waals surface area contributed by atoms with Crippen molar-refractivity contribution in [2.45, 2.75) is 6.42 Å². The average Bonchev–Trinajstić information content (AvgIpc) is 2.64. The molecule has 0 spiro atoms. The van der Waals surface area contributed by atoms with Gasteiger partial charge in [-0.05, 0) is 47.1 Å². The highest BCUT2D eigenvalue weighted by atomic mass is 79.9. The first-order chi connectivity index (χ1) is 8.66. The molecule has 1 fully saturated rings. The van der Waals surface area contributed by atoms with Crippen LogP contribution in [0.3, 0.4) is 0 Å². The van der Waals surface area contributed by atoms with Crippen LogP contribution in [-0.2, 0) is 6.42 Å². The van der Waals surface area contributed by atoms with Gasteiger partial charge in [-0.15, -0.1) is 0 Å². The summed E-state index contributed by atoms with van der Waals surface area (Å²) < 4.78 is 2.62. The molecule has 2 aromatic rings. The summed E-state index contributed by atoms with van der Waals surface area (Å²) in [5.74, 6) is 0.379. The van der Waals surface area contributed by atoms with Crippen LogP contribution in [0.4, 0.5) is 0 Å². The average molecular weight is 310 g/mol. The van der Waals surface area contributed by atoms with Crippen molar-refractivity contribution in [2.75, 3.05) is 13.1 Å². The standard InChI is InChI=1S/C12H12BrN3O2/c13-8-2-1-3-16-9(4-7-5-14-6-7)15-10(11(8)16)12(17)18/h1-3,7,14H,4-6H2,(H,17,18). The first kappa shape index (κ1) is 11.7. The minimum absolute atomic E-state index is 0.116. The van der Waals surface area contributed by atoms with E-state index in [2.05, 4.69) is 26.2 Å². The Morgan fingerprint density at radius 2 is 2.39 bits per heavy atom. The molecular weight excluding hydrogens is 298 g/mol. The monoisotopic (exact) mass is 309 g/mol. The number of imidazole rings is 1. The molecule has 1 saturated heterocycles. The predicted molar refractivity (Wildman–Crippen MR) is 69.9 cm³/mol. The van der Waals surface area contributed by atoms with Crippen molar-refractivity contribution < 1.29 is 9.90 Å². The zero-order valence-electron chi connectivity index (χ0n) is 9.56. The number of pyridine rings is 1. The lowest BCUT2D eigenvalue weighted by atomic mass is 9.99. The van der Waals surface area contributed by atoms with Gasteiger partial charge >= 0.3 is 5.97 Å². The van der Waals surface area contributed by atoms with E-state index in [9.17, 15) is 9.90 Å². The van der Waals surface area contributed by atoms with Crippen LogP contribution in [-0.4, -0.2) is 33.6 Å². The lowest BCUT2D eigenvalue weighted by Crippen LogP contribution is -2.43. The molecule has 0 unspecified atom stereocenters. The van der Waals surface area contributed by atoms with E-state index in [-0.39, 0.29) is 5.69 Å². The third-order valence-electron chi connectivity index (χ3n) is 3.23. The Hall–Kier alpha value is -1.40. The van der Waals surface area contributed by atoms with Crippen LogP contribution in [0.1, 0.15) is 16.3 Å². The number of nitrogens with one attached hydrogen (secondary N) is 1. The summed E-state index contributed by atoms with van der Waals surface area (Å²) in [5, 5.41) is 12.4. The molecule has 0 saturated carbocycles. The number of aromatic nitrogens is 2. The lowest BCUT2D eigenvalue weighted by Gasteiger charge is -2.26. The number of fused-ring (bicyclic) bond motifs is 1. The maximum absolute atomic E-state index is 11.2. The number of carboxylic acids is 1. The Morgan fingerprint density at radius 3 is 3.00 bits per heavy atom. The first-order valence-electron chi connectivity index (χ1n) is 5.76. The van der Waals surface area contributed by atoms with Gasteiger partial charge in [0.05, 0.1) is 5.52 Å². The van der Waals surface area contributed by atoms with Crippen molar-refractivity contribution in [1.82, 2.24) is 14.7 Å². The fourth-order valence-corrected chi connectivity index (χ4v) is 2.74. The fourth-order valence-electron chi connectivity index (χ4n) is 2.20. The van der Waals surface area contributed by atoms with Gasteiger partial charge in [-0.1, -0.05) is 0 Å². The van der Waals surface area contributed by atoms with Crippen molar-refractivity contribution >= 4 is 27.4 Å². The van der Waals surface area contributed by atoms with E-state index in [0.717, 1.165) is 29.8 Å². The molecule has 2 aromatic heterocycles. The van der Waals surface area contributed by atoms with Crippen molar-refractivity contribution in [1.29, 1.82) is 0 Å². The van der Waals surface area contributed by atoms with Crippen molar-refractivity contribution in [3.8, 4) is 0 Å². The molecule has 0 radical (unpaired) electrons. The van der Waals surface area contributed by atoms with Crippen LogP contribution < -0.4 is 5.32 Å². The molecule has 0 atom stereocenters. The number of aromatic carboxylic acids is 1. The van der Waals surface area contributed by atoms with Crippen LogP contribution in [0.5, 0.6) is 0 Å². The van der Waals surface area contributed by atoms with Crippen LogP contribution in [0.25, 0.3) is 5.52 Å². The van der Waals surface area contributed by atoms with Crippen molar-refractivity contribution in [3.63, 3.8) is 0 Å². The number of carbonyl (C=O) groups is 1. The van der Waals surface area contributed by atoms with E-state index in [1.807, 2.05) is 22.7 Å². The molecule has 0 aromatic carbocycles. The van der Waals surface area contributed by atoms with Crippen LogP contribution >= 0.6 is 15.9 Å². The SMILES string of the molecule is O=C(O)c1nc(CC2CNC2)n2cccc(Br)c12. The largest absolute Gasteiger partial charge is 0.476 e. The number of halogens is 1. The van der Waals surface area contributed by atoms with E-state index in [0.29, 0.717) is 11.4 Å². The summed E-state index contributed by atoms with van der Waals surface area (Å²) in [6, 6.07) is 3.71. The van der Waals surface area contributed by atoms with E-state index >= 15 is 0 Å². The summed E-state index contributed by atoms with van der Waals surface area (Å²) in [6.45, 7) is 1.96. The summed E-state index contributed by atoms with van der Waals surface area (Å²) in [4.78, 5) is 15.5. The van der Waals surface area contributed by atoms with Gasteiger partial charge in [-0.25, -0.2) is 9.78 Å². The van der Waals surface area contributed by atoms with Gasteiger partial charge < -0.3 is 14.8 Å². The molecule has 0 aliphatic carbocycles. The summed E-state index contributed by atoms with van der Waals surface area (Å²) in [5.41, 5.74) is 0.747. The number of rotatable bonds is 3. The second-order valence-corrected chi connectivity index (χ2v) is 5.34. The Bertz CT molecular complexity index is 619. The predicted octanol–water partition coefficient (Wildman–Crippen LogP) is 1.56. The lowest BCUT2D eigenvalue weighted by molar-refractivity contribution is 0.0693. The maximum Gasteiger partial charge on any atom is 0.356 e. The van der Waals surface area contributed by atoms with Gasteiger partial charge in [-0.3, -0.25) is 0 Å². The second kappa shape index (κ2) is 4.37. The van der Waals surface area contributed by atoms with Crippen molar-refractivity contribution in [2.24, 2.45) is 5.92 Å². The normalized spacial score (nSPS) is 15.8. The van der Waals surface area contributed by atoms with Gasteiger partial charge in [-0.2, -0.15) is 0 Å². The third kappa shape index (κ3) is 1.81. The number of nitrogens with zero attached hydrogens (tertiary/aromatic N) is 2. The summed E-state index contributed by atoms with van der Waals surface area (Å²) in [7, 11) is 0. The number of hydrogen-bond acceptors (Lipinski definition) is 3. The van der Waals surface area contributed by atoms with E-state index in [1.54, 1.807) is 0 Å². The van der Waals surface area contributed by atoms with Crippen LogP contribution in [0.15, 0.2) is 22.8 Å². The number of carboxylic acid groups (broad SMARTS) is 1. The van der Waals surface area contributed by atoms with Crippen molar-refractivity contribution in [3.05, 3.63) is 34.3 Å². The second-order valence-electron chi connectivity index (χ2n) is 4.48. The molecule has 18 heavy (non-hydrogen) atoms. The minimum Gasteiger partial charge on any atom is -0.476 e. The molecule has 1 aliphatic heterocycles. The maximum atomic E-state index is 11.2. The summed E-state index contributed by atoms with van der Waals surface area (Å²) >= 11 is 3.39. The fraction of sp³-hybridized carbons (Fsp3) is 0.333. The zero-order valence-corrected chi connectivity index (χ0v) is 11.1. The molecule has 5 nitrogen and oxygen atoms in total. The first-order valence-corrected chi connectivity index (χ1v) is 6.55. The molecule has 3 rings (SSSR count). The Balaban J connectivity index is 2.13. The zero-order chi connectivity index (χ0) is 12.7. The highest BCUT2D eigenvalue weighted by molar-refractivity contribution is 9.10. The molecule has 0 amide bonds. The van der Waals surface area contributed by atoms with E-state index in [4.69, 9.17) is 0 Å². The Kier molecular flexibility index (Phi) is 2.83. The molecule has 6 heteroatoms. The van der Waals surface area contributed by atoms with Gasteiger partial charge in [0, 0.05) is 17.1 Å². The quantitative estimate of drug-likeness (QED) is 0.903. The Labute approximate surface area is 112 Å². The molecule has 2 N–H and O–H groups in total. The molecule has 3 heterocycles. The molecule has 1 aliphatic rings. The van der Waals surface area contributed by atoms with E-state index < -0.39 is 5.97 Å². The smallest absolute Gasteiger partial charge is 0.356 e. The van der Waals surface area contributed by atoms with Gasteiger partial charge in [0.2, 0.25) is 0 Å². The molecule has 0 bridgehead atoms. The summed E-state index contributed by atoms with van der Waals surface area (Å²) in [6.07, 6.45) is 2.67.